The lowest BCUT2D eigenvalue weighted by molar-refractivity contribution is -0.150. The molecule has 2 aliphatic heterocycles. The molecule has 0 saturated carbocycles. The molecule has 8 nitrogen and oxygen atoms in total. The molecular weight excluding hydrogens is 346 g/mol. The van der Waals surface area contributed by atoms with Crippen LogP contribution in [0.4, 0.5) is 0 Å². The summed E-state index contributed by atoms with van der Waals surface area (Å²) in [6, 6.07) is -5.45. The van der Waals surface area contributed by atoms with Crippen LogP contribution in [0.3, 0.4) is 0 Å². The molecule has 0 aliphatic carbocycles. The van der Waals surface area contributed by atoms with Crippen LogP contribution in [0.5, 0.6) is 5.75 Å². The summed E-state index contributed by atoms with van der Waals surface area (Å²) < 4.78 is 31.0. The van der Waals surface area contributed by atoms with Crippen LogP contribution < -0.4 is 11.1 Å². The van der Waals surface area contributed by atoms with E-state index in [9.17, 15) is 24.6 Å². The van der Waals surface area contributed by atoms with E-state index in [-0.39, 0.29) is 5.70 Å². The van der Waals surface area contributed by atoms with Crippen molar-refractivity contribution in [3.05, 3.63) is 41.0 Å². The van der Waals surface area contributed by atoms with Gasteiger partial charge in [0.25, 0.3) is 5.91 Å². The van der Waals surface area contributed by atoms with Crippen molar-refractivity contribution in [1.82, 2.24) is 10.2 Å². The fraction of sp³-hybridized carbons (Fsp3) is 0.312. The average molecular weight is 367 g/mol. The van der Waals surface area contributed by atoms with Gasteiger partial charge in [-0.25, -0.2) is 4.79 Å². The van der Waals surface area contributed by atoms with Gasteiger partial charge in [-0.3, -0.25) is 14.5 Å². The molecule has 1 unspecified atom stereocenters. The zero-order valence-corrected chi connectivity index (χ0v) is 13.8. The predicted octanol–water partition coefficient (Wildman–Crippen LogP) is 0.150. The largest absolute Gasteiger partial charge is 0.508 e. The van der Waals surface area contributed by atoms with Crippen molar-refractivity contribution in [3.63, 3.8) is 0 Å². The molecule has 9 heteroatoms. The molecule has 1 fully saturated rings. The highest BCUT2D eigenvalue weighted by Crippen LogP contribution is 2.40. The van der Waals surface area contributed by atoms with E-state index in [0.717, 1.165) is 4.90 Å². The van der Waals surface area contributed by atoms with Crippen molar-refractivity contribution in [1.29, 1.82) is 0 Å². The van der Waals surface area contributed by atoms with Crippen LogP contribution in [-0.4, -0.2) is 50.1 Å². The summed E-state index contributed by atoms with van der Waals surface area (Å²) in [6.45, 7) is 1.61. The number of carbonyl (C=O) groups is 3. The quantitative estimate of drug-likeness (QED) is 0.557. The van der Waals surface area contributed by atoms with Gasteiger partial charge in [-0.2, -0.15) is 0 Å². The van der Waals surface area contributed by atoms with Gasteiger partial charge >= 0.3 is 5.97 Å². The number of carbonyl (C=O) groups excluding carboxylic acids is 2. The number of aromatic hydroxyl groups is 1. The molecule has 2 heterocycles. The Bertz CT molecular complexity index is 957. The third-order valence-corrected chi connectivity index (χ3v) is 5.31. The van der Waals surface area contributed by atoms with Crippen LogP contribution in [0.1, 0.15) is 24.0 Å². The monoisotopic (exact) mass is 367 g/mol. The molecule has 25 heavy (non-hydrogen) atoms. The SMILES string of the molecule is [2H]c1c([2H])c(C(N)C(=O)N[C@@H]2C(=O)N3C(C(=O)O)=C(C)CS[C@H]23)c([2H])c([2H])c1O. The van der Waals surface area contributed by atoms with Crippen molar-refractivity contribution in [2.75, 3.05) is 5.75 Å². The zero-order valence-electron chi connectivity index (χ0n) is 17.0. The molecule has 2 aliphatic rings. The average Bonchev–Trinajstić information content (AvgIpc) is 2.68. The molecule has 1 saturated heterocycles. The highest BCUT2D eigenvalue weighted by molar-refractivity contribution is 8.00. The van der Waals surface area contributed by atoms with Crippen LogP contribution in [0.15, 0.2) is 35.4 Å². The first-order valence-corrected chi connectivity index (χ1v) is 8.26. The van der Waals surface area contributed by atoms with Gasteiger partial charge in [-0.15, -0.1) is 11.8 Å². The molecule has 0 aromatic heterocycles. The number of carboxylic acids is 1. The summed E-state index contributed by atoms with van der Waals surface area (Å²) in [5, 5.41) is 20.7. The predicted molar refractivity (Wildman–Crippen MR) is 90.4 cm³/mol. The first-order valence-electron chi connectivity index (χ1n) is 9.21. The number of nitrogens with one attached hydrogen (secondary N) is 1. The number of nitrogens with two attached hydrogens (primary N) is 1. The molecule has 1 aromatic rings. The minimum atomic E-state index is -1.63. The van der Waals surface area contributed by atoms with E-state index < -0.39 is 70.7 Å². The van der Waals surface area contributed by atoms with Crippen molar-refractivity contribution in [3.8, 4) is 5.75 Å². The number of hydrogen-bond acceptors (Lipinski definition) is 6. The Morgan fingerprint density at radius 3 is 2.68 bits per heavy atom. The number of phenols is 1. The van der Waals surface area contributed by atoms with Gasteiger partial charge in [0, 0.05) is 5.75 Å². The van der Waals surface area contributed by atoms with E-state index >= 15 is 0 Å². The Morgan fingerprint density at radius 1 is 1.44 bits per heavy atom. The second-order valence-corrected chi connectivity index (χ2v) is 6.68. The number of phenolic OH excluding ortho intramolecular Hbond substituents is 1. The van der Waals surface area contributed by atoms with E-state index in [1.54, 1.807) is 6.92 Å². The molecule has 0 spiro atoms. The Hall–Kier alpha value is -2.52. The van der Waals surface area contributed by atoms with Gasteiger partial charge in [0.2, 0.25) is 5.91 Å². The van der Waals surface area contributed by atoms with Crippen molar-refractivity contribution in [2.24, 2.45) is 5.73 Å². The summed E-state index contributed by atoms with van der Waals surface area (Å²) >= 11 is 1.28. The molecule has 1 aromatic carbocycles. The zero-order chi connectivity index (χ0) is 21.8. The molecule has 2 amide bonds. The van der Waals surface area contributed by atoms with E-state index in [1.807, 2.05) is 0 Å². The molecule has 0 radical (unpaired) electrons. The molecule has 0 bridgehead atoms. The maximum absolute atomic E-state index is 12.6. The maximum atomic E-state index is 12.6. The number of carboxylic acid groups (broad SMARTS) is 1. The molecule has 5 N–H and O–H groups in total. The Kier molecular flexibility index (Phi) is 3.28. The number of hydrogen-bond donors (Lipinski definition) is 4. The molecule has 3 atom stereocenters. The lowest BCUT2D eigenvalue weighted by atomic mass is 10.0. The Balaban J connectivity index is 1.83. The second-order valence-electron chi connectivity index (χ2n) is 5.57. The van der Waals surface area contributed by atoms with Gasteiger partial charge < -0.3 is 21.3 Å². The van der Waals surface area contributed by atoms with Crippen molar-refractivity contribution < 1.29 is 30.1 Å². The van der Waals surface area contributed by atoms with Gasteiger partial charge in [0.15, 0.2) is 0 Å². The van der Waals surface area contributed by atoms with Crippen LogP contribution in [0.2, 0.25) is 0 Å². The summed E-state index contributed by atoms with van der Waals surface area (Å²) in [7, 11) is 0. The summed E-state index contributed by atoms with van der Waals surface area (Å²) in [4.78, 5) is 37.5. The number of β-lactam (4-membered cyclic amide) rings is 1. The molecule has 3 rings (SSSR count). The van der Waals surface area contributed by atoms with Gasteiger partial charge in [0.1, 0.15) is 28.9 Å². The first kappa shape index (κ1) is 12.8. The number of fused-ring (bicyclic) bond motifs is 1. The van der Waals surface area contributed by atoms with E-state index in [0.29, 0.717) is 11.3 Å². The molecular formula is C16H17N3O5S. The minimum Gasteiger partial charge on any atom is -0.508 e. The van der Waals surface area contributed by atoms with Crippen LogP contribution in [0, 0.1) is 0 Å². The highest BCUT2D eigenvalue weighted by atomic mass is 32.2. The summed E-state index contributed by atoms with van der Waals surface area (Å²) in [5.41, 5.74) is 5.82. The normalized spacial score (nSPS) is 25.8. The number of aliphatic carboxylic acids is 1. The molecule has 132 valence electrons. The van der Waals surface area contributed by atoms with Gasteiger partial charge in [-0.1, -0.05) is 12.1 Å². The third-order valence-electron chi connectivity index (χ3n) is 3.88. The Labute approximate surface area is 153 Å². The fourth-order valence-electron chi connectivity index (χ4n) is 2.62. The summed E-state index contributed by atoms with van der Waals surface area (Å²) in [5.74, 6) is -3.27. The summed E-state index contributed by atoms with van der Waals surface area (Å²) in [6.07, 6.45) is 0. The van der Waals surface area contributed by atoms with Crippen LogP contribution in [0.25, 0.3) is 0 Å². The number of thioether (sulfide) groups is 1. The van der Waals surface area contributed by atoms with E-state index in [4.69, 9.17) is 11.2 Å². The number of rotatable bonds is 4. The lowest BCUT2D eigenvalue weighted by Crippen LogP contribution is -2.71. The Morgan fingerprint density at radius 2 is 2.08 bits per heavy atom. The standard InChI is InChI=1S/C16H17N3O5S/c1-7-6-25-15-11(14(22)19(15)12(7)16(23)24)18-13(21)10(17)8-2-4-9(20)5-3-8/h2-5,10-11,15,20H,6,17H2,1H3,(H,18,21)(H,23,24)/t10?,11-,15-/m1/s1/i2D,3D,4D,5D. The van der Waals surface area contributed by atoms with E-state index in [1.165, 1.54) is 11.8 Å². The first-order chi connectivity index (χ1) is 13.5. The highest BCUT2D eigenvalue weighted by Gasteiger charge is 2.53. The maximum Gasteiger partial charge on any atom is 0.352 e. The number of nitrogens with zero attached hydrogens (tertiary/aromatic N) is 1. The second kappa shape index (κ2) is 6.41. The van der Waals surface area contributed by atoms with Crippen molar-refractivity contribution >= 4 is 29.5 Å². The minimum absolute atomic E-state index is 0.119. The topological polar surface area (TPSA) is 133 Å². The fourth-order valence-corrected chi connectivity index (χ4v) is 3.91. The smallest absolute Gasteiger partial charge is 0.352 e. The van der Waals surface area contributed by atoms with Crippen LogP contribution >= 0.6 is 11.8 Å². The number of benzene rings is 1. The number of amides is 2. The van der Waals surface area contributed by atoms with Gasteiger partial charge in [0.05, 0.1) is 5.48 Å². The third kappa shape index (κ3) is 2.96. The van der Waals surface area contributed by atoms with Crippen molar-refractivity contribution in [2.45, 2.75) is 24.4 Å². The van der Waals surface area contributed by atoms with Crippen LogP contribution in [-0.2, 0) is 14.4 Å². The van der Waals surface area contributed by atoms with Gasteiger partial charge in [-0.05, 0) is 30.1 Å². The van der Waals surface area contributed by atoms with E-state index in [2.05, 4.69) is 5.32 Å². The lowest BCUT2D eigenvalue weighted by Gasteiger charge is -2.49.